The minimum atomic E-state index is -0.0436. The Kier molecular flexibility index (Phi) is 3.36. The van der Waals surface area contributed by atoms with Crippen LogP contribution in [0.25, 0.3) is 11.1 Å². The van der Waals surface area contributed by atoms with Gasteiger partial charge in [0, 0.05) is 11.1 Å². The van der Waals surface area contributed by atoms with Crippen molar-refractivity contribution in [3.05, 3.63) is 51.8 Å². The summed E-state index contributed by atoms with van der Waals surface area (Å²) < 4.78 is 5.30. The lowest BCUT2D eigenvalue weighted by atomic mass is 10.1. The van der Waals surface area contributed by atoms with Crippen LogP contribution >= 0.6 is 23.4 Å². The topological polar surface area (TPSA) is 30.2 Å². The van der Waals surface area contributed by atoms with Crippen molar-refractivity contribution < 1.29 is 4.42 Å². The molecule has 0 bridgehead atoms. The fraction of sp³-hybridized carbons (Fsp3) is 0.0833. The van der Waals surface area contributed by atoms with E-state index in [0.717, 1.165) is 5.56 Å². The molecule has 4 heteroatoms. The Bertz CT molecular complexity index is 546. The smallest absolute Gasteiger partial charge is 0.193 e. The monoisotopic (exact) mass is 252 g/mol. The highest BCUT2D eigenvalue weighted by atomic mass is 35.5. The number of hydrogen-bond donors (Lipinski definition) is 0. The van der Waals surface area contributed by atoms with Crippen LogP contribution in [0.3, 0.4) is 0 Å². The molecule has 0 aliphatic heterocycles. The molecule has 1 aromatic heterocycles. The number of hydrogen-bond acceptors (Lipinski definition) is 3. The molecule has 0 spiro atoms. The zero-order valence-electron chi connectivity index (χ0n) is 8.57. The van der Waals surface area contributed by atoms with Gasteiger partial charge in [-0.25, -0.2) is 0 Å². The standard InChI is InChI=1S/C12H9ClO2S/c1-16-12-6-11(14)10(7-15-12)8-2-4-9(13)5-3-8/h2-7H,1H3. The maximum absolute atomic E-state index is 11.8. The molecule has 82 valence electrons. The molecule has 2 rings (SSSR count). The molecule has 0 atom stereocenters. The van der Waals surface area contributed by atoms with Gasteiger partial charge < -0.3 is 4.42 Å². The highest BCUT2D eigenvalue weighted by Crippen LogP contribution is 2.20. The summed E-state index contributed by atoms with van der Waals surface area (Å²) in [5.74, 6) is 0. The summed E-state index contributed by atoms with van der Waals surface area (Å²) >= 11 is 7.18. The third-order valence-electron chi connectivity index (χ3n) is 2.16. The van der Waals surface area contributed by atoms with Crippen LogP contribution in [0.5, 0.6) is 0 Å². The van der Waals surface area contributed by atoms with Crippen molar-refractivity contribution in [1.82, 2.24) is 0 Å². The Morgan fingerprint density at radius 2 is 1.94 bits per heavy atom. The number of halogens is 1. The van der Waals surface area contributed by atoms with Gasteiger partial charge in [-0.3, -0.25) is 4.79 Å². The van der Waals surface area contributed by atoms with Crippen molar-refractivity contribution in [1.29, 1.82) is 0 Å². The van der Waals surface area contributed by atoms with E-state index in [0.29, 0.717) is 15.7 Å². The third kappa shape index (κ3) is 2.31. The second-order valence-electron chi connectivity index (χ2n) is 3.19. The molecule has 2 aromatic rings. The van der Waals surface area contributed by atoms with E-state index in [2.05, 4.69) is 0 Å². The lowest BCUT2D eigenvalue weighted by Gasteiger charge is -2.01. The molecular weight excluding hydrogens is 244 g/mol. The Hall–Kier alpha value is -1.19. The molecule has 1 heterocycles. The molecule has 0 fully saturated rings. The largest absolute Gasteiger partial charge is 0.457 e. The van der Waals surface area contributed by atoms with Crippen molar-refractivity contribution in [3.63, 3.8) is 0 Å². The molecule has 16 heavy (non-hydrogen) atoms. The van der Waals surface area contributed by atoms with Crippen molar-refractivity contribution >= 4 is 23.4 Å². The van der Waals surface area contributed by atoms with Crippen LogP contribution in [0.4, 0.5) is 0 Å². The van der Waals surface area contributed by atoms with Gasteiger partial charge in [0.25, 0.3) is 0 Å². The van der Waals surface area contributed by atoms with Gasteiger partial charge in [-0.1, -0.05) is 35.5 Å². The van der Waals surface area contributed by atoms with E-state index < -0.39 is 0 Å². The molecule has 0 N–H and O–H groups in total. The van der Waals surface area contributed by atoms with Gasteiger partial charge in [0.1, 0.15) is 6.26 Å². The van der Waals surface area contributed by atoms with Crippen molar-refractivity contribution in [2.45, 2.75) is 5.09 Å². The molecule has 0 radical (unpaired) electrons. The van der Waals surface area contributed by atoms with E-state index in [9.17, 15) is 4.79 Å². The lowest BCUT2D eigenvalue weighted by molar-refractivity contribution is 0.455. The van der Waals surface area contributed by atoms with Crippen LogP contribution in [-0.4, -0.2) is 6.26 Å². The van der Waals surface area contributed by atoms with Crippen LogP contribution in [0.15, 0.2) is 50.9 Å². The van der Waals surface area contributed by atoms with Gasteiger partial charge in [-0.15, -0.1) is 0 Å². The lowest BCUT2D eigenvalue weighted by Crippen LogP contribution is -2.02. The molecule has 0 unspecified atom stereocenters. The minimum Gasteiger partial charge on any atom is -0.457 e. The summed E-state index contributed by atoms with van der Waals surface area (Å²) in [5, 5.41) is 1.26. The highest BCUT2D eigenvalue weighted by molar-refractivity contribution is 7.98. The van der Waals surface area contributed by atoms with E-state index in [1.54, 1.807) is 24.3 Å². The maximum atomic E-state index is 11.8. The summed E-state index contributed by atoms with van der Waals surface area (Å²) in [6, 6.07) is 8.59. The molecule has 0 aliphatic rings. The molecule has 0 saturated heterocycles. The zero-order chi connectivity index (χ0) is 11.5. The van der Waals surface area contributed by atoms with E-state index in [-0.39, 0.29) is 5.43 Å². The SMILES string of the molecule is CSc1cc(=O)c(-c2ccc(Cl)cc2)co1. The van der Waals surface area contributed by atoms with Gasteiger partial charge in [0.05, 0.1) is 5.56 Å². The minimum absolute atomic E-state index is 0.0436. The molecule has 0 amide bonds. The summed E-state index contributed by atoms with van der Waals surface area (Å²) in [6.07, 6.45) is 3.34. The average molecular weight is 253 g/mol. The van der Waals surface area contributed by atoms with Gasteiger partial charge in [0.15, 0.2) is 10.5 Å². The predicted molar refractivity (Wildman–Crippen MR) is 67.2 cm³/mol. The first-order valence-electron chi connectivity index (χ1n) is 4.63. The third-order valence-corrected chi connectivity index (χ3v) is 3.03. The van der Waals surface area contributed by atoms with E-state index in [1.807, 2.05) is 6.26 Å². The number of benzene rings is 1. The first-order valence-corrected chi connectivity index (χ1v) is 6.24. The molecule has 1 aromatic carbocycles. The molecular formula is C12H9ClO2S. The Morgan fingerprint density at radius 1 is 1.25 bits per heavy atom. The summed E-state index contributed by atoms with van der Waals surface area (Å²) in [7, 11) is 0. The van der Waals surface area contributed by atoms with Gasteiger partial charge in [-0.2, -0.15) is 0 Å². The average Bonchev–Trinajstić information content (AvgIpc) is 2.30. The van der Waals surface area contributed by atoms with Gasteiger partial charge in [-0.05, 0) is 24.0 Å². The predicted octanol–water partition coefficient (Wildman–Crippen LogP) is 3.68. The summed E-state index contributed by atoms with van der Waals surface area (Å²) in [5.41, 5.74) is 1.32. The summed E-state index contributed by atoms with van der Waals surface area (Å²) in [6.45, 7) is 0. The van der Waals surface area contributed by atoms with Crippen molar-refractivity contribution in [2.24, 2.45) is 0 Å². The molecule has 0 aliphatic carbocycles. The first kappa shape index (κ1) is 11.3. The van der Waals surface area contributed by atoms with E-state index in [4.69, 9.17) is 16.0 Å². The second-order valence-corrected chi connectivity index (χ2v) is 4.44. The van der Waals surface area contributed by atoms with Crippen LogP contribution in [-0.2, 0) is 0 Å². The van der Waals surface area contributed by atoms with Crippen LogP contribution in [0.1, 0.15) is 0 Å². The van der Waals surface area contributed by atoms with Crippen LogP contribution < -0.4 is 5.43 Å². The Labute approximate surface area is 102 Å². The Balaban J connectivity index is 2.48. The van der Waals surface area contributed by atoms with E-state index in [1.165, 1.54) is 24.1 Å². The number of rotatable bonds is 2. The van der Waals surface area contributed by atoms with Crippen molar-refractivity contribution in [3.8, 4) is 11.1 Å². The zero-order valence-corrected chi connectivity index (χ0v) is 10.1. The summed E-state index contributed by atoms with van der Waals surface area (Å²) in [4.78, 5) is 11.8. The normalized spacial score (nSPS) is 10.4. The fourth-order valence-electron chi connectivity index (χ4n) is 1.34. The fourth-order valence-corrected chi connectivity index (χ4v) is 1.84. The second kappa shape index (κ2) is 4.76. The quantitative estimate of drug-likeness (QED) is 0.764. The number of thioether (sulfide) groups is 1. The molecule has 0 saturated carbocycles. The van der Waals surface area contributed by atoms with Crippen molar-refractivity contribution in [2.75, 3.05) is 6.26 Å². The van der Waals surface area contributed by atoms with Gasteiger partial charge in [0.2, 0.25) is 0 Å². The van der Waals surface area contributed by atoms with E-state index >= 15 is 0 Å². The first-order chi connectivity index (χ1) is 7.70. The van der Waals surface area contributed by atoms with Crippen LogP contribution in [0, 0.1) is 0 Å². The van der Waals surface area contributed by atoms with Crippen LogP contribution in [0.2, 0.25) is 5.02 Å². The molecule has 2 nitrogen and oxygen atoms in total. The highest BCUT2D eigenvalue weighted by Gasteiger charge is 2.05. The maximum Gasteiger partial charge on any atom is 0.193 e. The van der Waals surface area contributed by atoms with Gasteiger partial charge >= 0.3 is 0 Å². The Morgan fingerprint density at radius 3 is 2.50 bits per heavy atom.